The lowest BCUT2D eigenvalue weighted by molar-refractivity contribution is -0.126. The Morgan fingerprint density at radius 3 is 2.39 bits per heavy atom. The van der Waals surface area contributed by atoms with Crippen molar-refractivity contribution < 1.29 is 24.0 Å². The molecule has 0 radical (unpaired) electrons. The minimum Gasteiger partial charge on any atom is -0.465 e. The van der Waals surface area contributed by atoms with Crippen LogP contribution in [0.15, 0.2) is 59.5 Å². The first-order chi connectivity index (χ1) is 19.6. The van der Waals surface area contributed by atoms with Crippen molar-refractivity contribution in [3.8, 4) is 0 Å². The zero-order chi connectivity index (χ0) is 29.1. The van der Waals surface area contributed by atoms with Crippen LogP contribution in [0.5, 0.6) is 0 Å². The van der Waals surface area contributed by atoms with Crippen LogP contribution in [0.1, 0.15) is 59.6 Å². The molecule has 2 aliphatic heterocycles. The number of ether oxygens (including phenoxy) is 1. The van der Waals surface area contributed by atoms with E-state index in [1.807, 2.05) is 60.9 Å². The summed E-state index contributed by atoms with van der Waals surface area (Å²) in [6, 6.07) is 17.0. The number of hydrogen-bond donors (Lipinski definition) is 0. The van der Waals surface area contributed by atoms with E-state index >= 15 is 0 Å². The molecule has 4 atom stereocenters. The molecule has 0 N–H and O–H groups in total. The zero-order valence-corrected chi connectivity index (χ0v) is 25.5. The molecule has 3 aliphatic rings. The minimum atomic E-state index is -1.00. The lowest BCUT2D eigenvalue weighted by Gasteiger charge is -2.33. The standard InChI is InChI=1S/C32H34N2O5S2/c1-32(2,3)19-13-16-22-23(17-19)41-30(24(22)31(37)38-4)33-28(35)25-26(18-11-14-21(40-5)15-12-18)34(39-27(25)29(33)36)20-9-7-6-8-10-20/h6-12,14-15,19,25-27H,13,16-17H2,1-5H3/t19-,25-,26+,27+/m1/s1. The summed E-state index contributed by atoms with van der Waals surface area (Å²) in [5, 5.41) is 2.07. The number of thiophene rings is 1. The number of esters is 1. The maximum Gasteiger partial charge on any atom is 0.341 e. The number of thioether (sulfide) groups is 1. The van der Waals surface area contributed by atoms with E-state index in [1.54, 1.807) is 16.8 Å². The van der Waals surface area contributed by atoms with E-state index in [0.29, 0.717) is 22.9 Å². The first kappa shape index (κ1) is 28.0. The third kappa shape index (κ3) is 4.68. The molecular formula is C32H34N2O5S2. The molecule has 3 heterocycles. The van der Waals surface area contributed by atoms with Gasteiger partial charge in [-0.25, -0.2) is 14.8 Å². The Hall–Kier alpha value is -3.14. The number of imide groups is 1. The lowest BCUT2D eigenvalue weighted by atomic mass is 9.72. The normalized spacial score (nSPS) is 24.0. The Labute approximate surface area is 248 Å². The zero-order valence-electron chi connectivity index (χ0n) is 23.9. The number of hydrogen-bond acceptors (Lipinski definition) is 8. The molecule has 2 aromatic carbocycles. The van der Waals surface area contributed by atoms with Crippen LogP contribution in [0, 0.1) is 17.3 Å². The van der Waals surface area contributed by atoms with Crippen molar-refractivity contribution in [2.45, 2.75) is 57.1 Å². The van der Waals surface area contributed by atoms with Gasteiger partial charge in [-0.3, -0.25) is 14.4 Å². The predicted octanol–water partition coefficient (Wildman–Crippen LogP) is 6.46. The summed E-state index contributed by atoms with van der Waals surface area (Å²) in [5.74, 6) is -1.64. The molecule has 2 fully saturated rings. The highest BCUT2D eigenvalue weighted by molar-refractivity contribution is 7.98. The van der Waals surface area contributed by atoms with E-state index in [9.17, 15) is 14.4 Å². The average molecular weight is 591 g/mol. The van der Waals surface area contributed by atoms with Crippen molar-refractivity contribution in [3.63, 3.8) is 0 Å². The highest BCUT2D eigenvalue weighted by atomic mass is 32.2. The van der Waals surface area contributed by atoms with Crippen LogP contribution in [0.4, 0.5) is 10.7 Å². The van der Waals surface area contributed by atoms with Gasteiger partial charge >= 0.3 is 5.97 Å². The molecule has 0 bridgehead atoms. The van der Waals surface area contributed by atoms with Crippen molar-refractivity contribution in [2.24, 2.45) is 17.3 Å². The molecule has 3 aromatic rings. The maximum atomic E-state index is 14.3. The van der Waals surface area contributed by atoms with Gasteiger partial charge in [0.05, 0.1) is 24.4 Å². The third-order valence-corrected chi connectivity index (χ3v) is 10.6. The number of fused-ring (bicyclic) bond motifs is 2. The summed E-state index contributed by atoms with van der Waals surface area (Å²) in [5.41, 5.74) is 3.02. The van der Waals surface area contributed by atoms with Crippen LogP contribution in [-0.4, -0.2) is 37.3 Å². The number of carbonyl (C=O) groups is 3. The van der Waals surface area contributed by atoms with E-state index in [2.05, 4.69) is 20.8 Å². The SMILES string of the molecule is COC(=O)c1c(N2C(=O)[C@H]3[C@H](ON(c4ccccc4)[C@H]3c3ccc(SC)cc3)C2=O)sc2c1CC[C@@H](C(C)(C)C)C2. The van der Waals surface area contributed by atoms with Crippen LogP contribution in [-0.2, 0) is 32.0 Å². The fraction of sp³-hybridized carbons (Fsp3) is 0.406. The van der Waals surface area contributed by atoms with Crippen molar-refractivity contribution >= 4 is 51.6 Å². The summed E-state index contributed by atoms with van der Waals surface area (Å²) >= 11 is 3.02. The number of nitrogens with zero attached hydrogens (tertiary/aromatic N) is 2. The summed E-state index contributed by atoms with van der Waals surface area (Å²) in [6.45, 7) is 6.69. The Balaban J connectivity index is 1.42. The number of methoxy groups -OCH3 is 1. The van der Waals surface area contributed by atoms with Gasteiger partial charge in [0, 0.05) is 9.77 Å². The number of anilines is 2. The number of hydroxylamine groups is 1. The fourth-order valence-corrected chi connectivity index (χ4v) is 8.17. The van der Waals surface area contributed by atoms with E-state index in [0.717, 1.165) is 39.4 Å². The summed E-state index contributed by atoms with van der Waals surface area (Å²) in [4.78, 5) is 51.2. The van der Waals surface area contributed by atoms with Gasteiger partial charge < -0.3 is 4.74 Å². The number of benzene rings is 2. The second-order valence-corrected chi connectivity index (χ2v) is 13.9. The molecule has 1 aromatic heterocycles. The summed E-state index contributed by atoms with van der Waals surface area (Å²) in [7, 11) is 1.34. The van der Waals surface area contributed by atoms with E-state index < -0.39 is 29.9 Å². The molecular weight excluding hydrogens is 556 g/mol. The van der Waals surface area contributed by atoms with Gasteiger partial charge in [-0.1, -0.05) is 51.1 Å². The van der Waals surface area contributed by atoms with Crippen LogP contribution >= 0.6 is 23.1 Å². The van der Waals surface area contributed by atoms with Crippen LogP contribution in [0.25, 0.3) is 0 Å². The average Bonchev–Trinajstić information content (AvgIpc) is 3.62. The van der Waals surface area contributed by atoms with E-state index in [1.165, 1.54) is 23.3 Å². The monoisotopic (exact) mass is 590 g/mol. The molecule has 0 unspecified atom stereocenters. The Kier molecular flexibility index (Phi) is 7.24. The lowest BCUT2D eigenvalue weighted by Crippen LogP contribution is -2.37. The van der Waals surface area contributed by atoms with Crippen molar-refractivity contribution in [3.05, 3.63) is 76.2 Å². The molecule has 2 amide bonds. The molecule has 9 heteroatoms. The van der Waals surface area contributed by atoms with Crippen LogP contribution < -0.4 is 9.96 Å². The van der Waals surface area contributed by atoms with Gasteiger partial charge in [0.1, 0.15) is 10.9 Å². The Morgan fingerprint density at radius 1 is 1.05 bits per heavy atom. The quantitative estimate of drug-likeness (QED) is 0.192. The second kappa shape index (κ2) is 10.6. The van der Waals surface area contributed by atoms with Gasteiger partial charge in [0.2, 0.25) is 5.91 Å². The van der Waals surface area contributed by atoms with Crippen LogP contribution in [0.2, 0.25) is 0 Å². The van der Waals surface area contributed by atoms with Gasteiger partial charge in [-0.15, -0.1) is 23.1 Å². The smallest absolute Gasteiger partial charge is 0.341 e. The molecule has 7 nitrogen and oxygen atoms in total. The molecule has 0 saturated carbocycles. The number of rotatable bonds is 5. The summed E-state index contributed by atoms with van der Waals surface area (Å²) < 4.78 is 5.18. The molecule has 1 aliphatic carbocycles. The topological polar surface area (TPSA) is 76.2 Å². The molecule has 2 saturated heterocycles. The van der Waals surface area contributed by atoms with Crippen LogP contribution in [0.3, 0.4) is 0 Å². The first-order valence-corrected chi connectivity index (χ1v) is 15.9. The van der Waals surface area contributed by atoms with Gasteiger partial charge in [-0.2, -0.15) is 0 Å². The molecule has 214 valence electrons. The first-order valence-electron chi connectivity index (χ1n) is 13.9. The molecule has 6 rings (SSSR count). The Morgan fingerprint density at radius 2 is 1.76 bits per heavy atom. The van der Waals surface area contributed by atoms with Crippen molar-refractivity contribution in [1.29, 1.82) is 0 Å². The fourth-order valence-electron chi connectivity index (χ4n) is 6.33. The van der Waals surface area contributed by atoms with Gasteiger partial charge in [0.25, 0.3) is 5.91 Å². The van der Waals surface area contributed by atoms with E-state index in [4.69, 9.17) is 9.57 Å². The minimum absolute atomic E-state index is 0.109. The second-order valence-electron chi connectivity index (χ2n) is 11.9. The van der Waals surface area contributed by atoms with Gasteiger partial charge in [0.15, 0.2) is 6.10 Å². The molecule has 0 spiro atoms. The highest BCUT2D eigenvalue weighted by Crippen LogP contribution is 2.51. The van der Waals surface area contributed by atoms with Crippen molar-refractivity contribution in [2.75, 3.05) is 23.3 Å². The predicted molar refractivity (Wildman–Crippen MR) is 161 cm³/mol. The van der Waals surface area contributed by atoms with Gasteiger partial charge in [-0.05, 0) is 72.2 Å². The van der Waals surface area contributed by atoms with E-state index in [-0.39, 0.29) is 11.3 Å². The number of carbonyl (C=O) groups excluding carboxylic acids is 3. The summed E-state index contributed by atoms with van der Waals surface area (Å²) in [6.07, 6.45) is 3.47. The Bertz CT molecular complexity index is 1490. The third-order valence-electron chi connectivity index (χ3n) is 8.65. The maximum absolute atomic E-state index is 14.3. The van der Waals surface area contributed by atoms with Crippen molar-refractivity contribution in [1.82, 2.24) is 0 Å². The molecule has 41 heavy (non-hydrogen) atoms. The highest BCUT2D eigenvalue weighted by Gasteiger charge is 2.61. The number of para-hydroxylation sites is 1. The largest absolute Gasteiger partial charge is 0.465 e. The number of amides is 2.